The van der Waals surface area contributed by atoms with Crippen LogP contribution in [-0.4, -0.2) is 87.0 Å². The van der Waals surface area contributed by atoms with Crippen molar-refractivity contribution in [1.82, 2.24) is 14.1 Å². The Morgan fingerprint density at radius 2 is 1.96 bits per heavy atom. The van der Waals surface area contributed by atoms with E-state index in [-0.39, 0.29) is 21.9 Å². The second kappa shape index (κ2) is 9.40. The van der Waals surface area contributed by atoms with Gasteiger partial charge in [0.15, 0.2) is 0 Å². The molecule has 2 saturated heterocycles. The molecule has 2 heterocycles. The van der Waals surface area contributed by atoms with Crippen LogP contribution in [-0.2, 0) is 19.6 Å². The van der Waals surface area contributed by atoms with Crippen LogP contribution < -0.4 is 0 Å². The Labute approximate surface area is 179 Å². The average Bonchev–Trinajstić information content (AvgIpc) is 2.68. The van der Waals surface area contributed by atoms with Crippen molar-refractivity contribution >= 4 is 43.5 Å². The van der Waals surface area contributed by atoms with Crippen molar-refractivity contribution in [3.63, 3.8) is 0 Å². The SMILES string of the molecule is CCC1CN(C(=O)CN2CCN(S(=O)(=O)c3ccc(Br)cc3Cl)CC2)CCO1. The summed E-state index contributed by atoms with van der Waals surface area (Å²) < 4.78 is 33.5. The number of ether oxygens (including phenoxy) is 1. The molecule has 0 saturated carbocycles. The number of halogens is 2. The normalized spacial score (nSPS) is 22.4. The van der Waals surface area contributed by atoms with E-state index in [2.05, 4.69) is 22.9 Å². The minimum absolute atomic E-state index is 0.0778. The lowest BCUT2D eigenvalue weighted by atomic mass is 10.2. The molecule has 0 aromatic heterocycles. The van der Waals surface area contributed by atoms with Crippen LogP contribution in [0.25, 0.3) is 0 Å². The summed E-state index contributed by atoms with van der Waals surface area (Å²) in [5, 5.41) is 0.199. The molecule has 1 amide bonds. The molecule has 0 spiro atoms. The highest BCUT2D eigenvalue weighted by atomic mass is 79.9. The minimum Gasteiger partial charge on any atom is -0.375 e. The predicted octanol–water partition coefficient (Wildman–Crippen LogP) is 2.05. The van der Waals surface area contributed by atoms with E-state index >= 15 is 0 Å². The van der Waals surface area contributed by atoms with E-state index in [1.54, 1.807) is 12.1 Å². The summed E-state index contributed by atoms with van der Waals surface area (Å²) in [6.45, 7) is 5.88. The highest BCUT2D eigenvalue weighted by Crippen LogP contribution is 2.28. The zero-order valence-corrected chi connectivity index (χ0v) is 19.0. The van der Waals surface area contributed by atoms with Gasteiger partial charge in [-0.25, -0.2) is 8.42 Å². The molecule has 3 rings (SSSR count). The quantitative estimate of drug-likeness (QED) is 0.627. The van der Waals surface area contributed by atoms with Gasteiger partial charge in [-0.1, -0.05) is 34.5 Å². The fraction of sp³-hybridized carbons (Fsp3) is 0.611. The molecular weight excluding hydrogens is 470 g/mol. The Kier molecular flexibility index (Phi) is 7.38. The summed E-state index contributed by atoms with van der Waals surface area (Å²) >= 11 is 9.42. The summed E-state index contributed by atoms with van der Waals surface area (Å²) in [5.74, 6) is 0.0778. The molecule has 1 atom stereocenters. The summed E-state index contributed by atoms with van der Waals surface area (Å²) in [5.41, 5.74) is 0. The Morgan fingerprint density at radius 1 is 1.25 bits per heavy atom. The van der Waals surface area contributed by atoms with E-state index in [9.17, 15) is 13.2 Å². The third-order valence-corrected chi connectivity index (χ3v) is 8.02. The first-order valence-corrected chi connectivity index (χ1v) is 12.0. The fourth-order valence-electron chi connectivity index (χ4n) is 3.44. The van der Waals surface area contributed by atoms with Crippen LogP contribution >= 0.6 is 27.5 Å². The monoisotopic (exact) mass is 493 g/mol. The molecule has 1 aromatic rings. The standard InChI is InChI=1S/C18H25BrClN3O4S/c1-2-15-12-22(9-10-27-15)18(24)13-21-5-7-23(8-6-21)28(25,26)17-4-3-14(19)11-16(17)20/h3-4,11,15H,2,5-10,12-13H2,1H3. The second-order valence-electron chi connectivity index (χ2n) is 7.00. The Bertz CT molecular complexity index is 815. The molecule has 0 N–H and O–H groups in total. The van der Waals surface area contributed by atoms with Crippen LogP contribution in [0.15, 0.2) is 27.6 Å². The van der Waals surface area contributed by atoms with E-state index in [4.69, 9.17) is 16.3 Å². The molecule has 0 aliphatic carbocycles. The first-order chi connectivity index (χ1) is 13.3. The molecule has 28 heavy (non-hydrogen) atoms. The van der Waals surface area contributed by atoms with Crippen molar-refractivity contribution in [2.45, 2.75) is 24.3 Å². The number of nitrogens with zero attached hydrogens (tertiary/aromatic N) is 3. The van der Waals surface area contributed by atoms with Gasteiger partial charge in [-0.15, -0.1) is 0 Å². The van der Waals surface area contributed by atoms with Gasteiger partial charge in [0, 0.05) is 43.7 Å². The first-order valence-electron chi connectivity index (χ1n) is 9.38. The molecule has 7 nitrogen and oxygen atoms in total. The molecule has 1 aromatic carbocycles. The molecule has 1 unspecified atom stereocenters. The van der Waals surface area contributed by atoms with Crippen LogP contribution in [0.5, 0.6) is 0 Å². The van der Waals surface area contributed by atoms with Crippen LogP contribution in [0.3, 0.4) is 0 Å². The molecule has 2 fully saturated rings. The number of morpholine rings is 1. The lowest BCUT2D eigenvalue weighted by Gasteiger charge is -2.37. The van der Waals surface area contributed by atoms with Crippen LogP contribution in [0, 0.1) is 0 Å². The summed E-state index contributed by atoms with van der Waals surface area (Å²) in [7, 11) is -3.65. The number of hydrogen-bond donors (Lipinski definition) is 0. The maximum atomic E-state index is 12.9. The fourth-order valence-corrected chi connectivity index (χ4v) is 5.87. The highest BCUT2D eigenvalue weighted by Gasteiger charge is 2.31. The number of piperazine rings is 1. The molecule has 0 radical (unpaired) electrons. The maximum absolute atomic E-state index is 12.9. The molecule has 10 heteroatoms. The molecule has 2 aliphatic heterocycles. The van der Waals surface area contributed by atoms with Crippen molar-refractivity contribution in [2.24, 2.45) is 0 Å². The number of rotatable bonds is 5. The predicted molar refractivity (Wildman–Crippen MR) is 111 cm³/mol. The van der Waals surface area contributed by atoms with E-state index < -0.39 is 10.0 Å². The second-order valence-corrected chi connectivity index (χ2v) is 10.2. The van der Waals surface area contributed by atoms with Gasteiger partial charge in [0.2, 0.25) is 15.9 Å². The topological polar surface area (TPSA) is 70.2 Å². The molecule has 0 bridgehead atoms. The Morgan fingerprint density at radius 3 is 2.61 bits per heavy atom. The maximum Gasteiger partial charge on any atom is 0.244 e. The largest absolute Gasteiger partial charge is 0.375 e. The molecule has 156 valence electrons. The first kappa shape index (κ1) is 22.0. The van der Waals surface area contributed by atoms with Crippen molar-refractivity contribution < 1.29 is 17.9 Å². The van der Waals surface area contributed by atoms with E-state index in [1.165, 1.54) is 10.4 Å². The van der Waals surface area contributed by atoms with E-state index in [0.717, 1.165) is 10.9 Å². The minimum atomic E-state index is -3.65. The van der Waals surface area contributed by atoms with E-state index in [1.807, 2.05) is 9.80 Å². The van der Waals surface area contributed by atoms with Crippen molar-refractivity contribution in [3.8, 4) is 0 Å². The number of sulfonamides is 1. The van der Waals surface area contributed by atoms with Gasteiger partial charge in [0.05, 0.1) is 24.3 Å². The number of hydrogen-bond acceptors (Lipinski definition) is 5. The Hall–Kier alpha value is -0.710. The van der Waals surface area contributed by atoms with Gasteiger partial charge < -0.3 is 9.64 Å². The number of carbonyl (C=O) groups is 1. The summed E-state index contributed by atoms with van der Waals surface area (Å²) in [6.07, 6.45) is 0.995. The summed E-state index contributed by atoms with van der Waals surface area (Å²) in [4.78, 5) is 16.5. The van der Waals surface area contributed by atoms with Crippen molar-refractivity contribution in [3.05, 3.63) is 27.7 Å². The highest BCUT2D eigenvalue weighted by molar-refractivity contribution is 9.10. The van der Waals surface area contributed by atoms with Crippen molar-refractivity contribution in [2.75, 3.05) is 52.4 Å². The smallest absolute Gasteiger partial charge is 0.244 e. The number of carbonyl (C=O) groups excluding carboxylic acids is 1. The van der Waals surface area contributed by atoms with Gasteiger partial charge in [-0.2, -0.15) is 4.31 Å². The number of benzene rings is 1. The number of amides is 1. The Balaban J connectivity index is 1.56. The lowest BCUT2D eigenvalue weighted by molar-refractivity contribution is -0.140. The van der Waals surface area contributed by atoms with Crippen LogP contribution in [0.2, 0.25) is 5.02 Å². The van der Waals surface area contributed by atoms with E-state index in [0.29, 0.717) is 52.4 Å². The molecular formula is C18H25BrClN3O4S. The van der Waals surface area contributed by atoms with Crippen LogP contribution in [0.1, 0.15) is 13.3 Å². The van der Waals surface area contributed by atoms with Crippen molar-refractivity contribution in [1.29, 1.82) is 0 Å². The van der Waals surface area contributed by atoms with Gasteiger partial charge in [-0.05, 0) is 24.6 Å². The van der Waals surface area contributed by atoms with Gasteiger partial charge >= 0.3 is 0 Å². The van der Waals surface area contributed by atoms with Gasteiger partial charge in [-0.3, -0.25) is 9.69 Å². The zero-order valence-electron chi connectivity index (χ0n) is 15.8. The summed E-state index contributed by atoms with van der Waals surface area (Å²) in [6, 6.07) is 4.76. The lowest BCUT2D eigenvalue weighted by Crippen LogP contribution is -2.53. The average molecular weight is 495 g/mol. The third-order valence-electron chi connectivity index (χ3n) is 5.15. The zero-order chi connectivity index (χ0) is 20.3. The molecule has 2 aliphatic rings. The van der Waals surface area contributed by atoms with Crippen LogP contribution in [0.4, 0.5) is 0 Å². The van der Waals surface area contributed by atoms with Gasteiger partial charge in [0.1, 0.15) is 4.90 Å². The van der Waals surface area contributed by atoms with Gasteiger partial charge in [0.25, 0.3) is 0 Å². The third kappa shape index (κ3) is 5.06.